The molecular weight excluding hydrogens is 372 g/mol. The van der Waals surface area contributed by atoms with Crippen LogP contribution in [0.1, 0.15) is 35.2 Å². The Morgan fingerprint density at radius 3 is 2.41 bits per heavy atom. The molecule has 1 aliphatic rings. The van der Waals surface area contributed by atoms with Crippen LogP contribution in [-0.4, -0.2) is 36.4 Å². The number of nitro benzene ring substituents is 1. The summed E-state index contributed by atoms with van der Waals surface area (Å²) in [6.07, 6.45) is 3.66. The summed E-state index contributed by atoms with van der Waals surface area (Å²) in [5.74, 6) is -0.908. The van der Waals surface area contributed by atoms with Gasteiger partial charge in [0.05, 0.1) is 11.5 Å². The molecule has 1 saturated heterocycles. The number of carbonyl (C=O) groups is 2. The second-order valence-electron chi connectivity index (χ2n) is 7.08. The topological polar surface area (TPSA) is 105 Å². The average Bonchev–Trinajstić information content (AvgIpc) is 2.73. The Morgan fingerprint density at radius 2 is 1.76 bits per heavy atom. The number of nitrogens with zero attached hydrogens (tertiary/aromatic N) is 2. The highest BCUT2D eigenvalue weighted by Gasteiger charge is 2.16. The van der Waals surface area contributed by atoms with Gasteiger partial charge in [0.25, 0.3) is 11.6 Å². The fourth-order valence-corrected chi connectivity index (χ4v) is 3.32. The van der Waals surface area contributed by atoms with E-state index in [4.69, 9.17) is 0 Å². The van der Waals surface area contributed by atoms with E-state index in [1.807, 2.05) is 24.3 Å². The van der Waals surface area contributed by atoms with E-state index in [0.717, 1.165) is 18.8 Å². The van der Waals surface area contributed by atoms with Gasteiger partial charge in [0.1, 0.15) is 0 Å². The monoisotopic (exact) mass is 396 g/mol. The molecular formula is C21H24N4O4. The molecule has 2 N–H and O–H groups in total. The molecule has 0 aromatic heterocycles. The lowest BCUT2D eigenvalue weighted by molar-refractivity contribution is -0.385. The van der Waals surface area contributed by atoms with Crippen LogP contribution in [0.2, 0.25) is 0 Å². The van der Waals surface area contributed by atoms with Crippen molar-refractivity contribution in [2.45, 2.75) is 26.2 Å². The molecule has 8 heteroatoms. The van der Waals surface area contributed by atoms with Crippen LogP contribution in [0.25, 0.3) is 0 Å². The van der Waals surface area contributed by atoms with Gasteiger partial charge < -0.3 is 15.5 Å². The molecule has 2 aromatic rings. The van der Waals surface area contributed by atoms with E-state index in [2.05, 4.69) is 15.5 Å². The summed E-state index contributed by atoms with van der Waals surface area (Å²) >= 11 is 0. The molecule has 0 bridgehead atoms. The van der Waals surface area contributed by atoms with Crippen LogP contribution in [0.3, 0.4) is 0 Å². The van der Waals surface area contributed by atoms with Crippen LogP contribution in [-0.2, 0) is 4.79 Å². The van der Waals surface area contributed by atoms with Crippen molar-refractivity contribution in [3.05, 3.63) is 63.7 Å². The Hall–Kier alpha value is -3.42. The van der Waals surface area contributed by atoms with E-state index >= 15 is 0 Å². The molecule has 0 radical (unpaired) electrons. The first kappa shape index (κ1) is 20.3. The minimum Gasteiger partial charge on any atom is -0.372 e. The third-order valence-corrected chi connectivity index (χ3v) is 4.95. The number of amides is 2. The summed E-state index contributed by atoms with van der Waals surface area (Å²) in [6.45, 7) is 3.47. The van der Waals surface area contributed by atoms with Crippen molar-refractivity contribution in [3.8, 4) is 0 Å². The molecule has 1 heterocycles. The SMILES string of the molecule is Cc1ccc(C(=O)NCC(=O)Nc2ccc(N3CCCCC3)cc2)cc1[N+](=O)[O-]. The molecule has 29 heavy (non-hydrogen) atoms. The minimum absolute atomic E-state index is 0.129. The zero-order valence-corrected chi connectivity index (χ0v) is 16.3. The van der Waals surface area contributed by atoms with Crippen molar-refractivity contribution >= 4 is 28.9 Å². The number of piperidine rings is 1. The Bertz CT molecular complexity index is 905. The van der Waals surface area contributed by atoms with Crippen LogP contribution in [0.15, 0.2) is 42.5 Å². The van der Waals surface area contributed by atoms with E-state index in [0.29, 0.717) is 11.3 Å². The molecule has 0 unspecified atom stereocenters. The third-order valence-electron chi connectivity index (χ3n) is 4.95. The largest absolute Gasteiger partial charge is 0.372 e. The van der Waals surface area contributed by atoms with Crippen molar-refractivity contribution in [2.24, 2.45) is 0 Å². The zero-order valence-electron chi connectivity index (χ0n) is 16.3. The third kappa shape index (κ3) is 5.31. The van der Waals surface area contributed by atoms with Crippen molar-refractivity contribution in [1.82, 2.24) is 5.32 Å². The Kier molecular flexibility index (Phi) is 6.43. The number of nitro groups is 1. The van der Waals surface area contributed by atoms with Crippen LogP contribution in [0.5, 0.6) is 0 Å². The van der Waals surface area contributed by atoms with Gasteiger partial charge in [0.15, 0.2) is 0 Å². The van der Waals surface area contributed by atoms with Gasteiger partial charge in [-0.25, -0.2) is 0 Å². The fourth-order valence-electron chi connectivity index (χ4n) is 3.32. The van der Waals surface area contributed by atoms with Gasteiger partial charge in [0, 0.05) is 41.7 Å². The molecule has 1 fully saturated rings. The quantitative estimate of drug-likeness (QED) is 0.576. The molecule has 3 rings (SSSR count). The van der Waals surface area contributed by atoms with Crippen molar-refractivity contribution in [2.75, 3.05) is 29.9 Å². The molecule has 1 aliphatic heterocycles. The first-order chi connectivity index (χ1) is 13.9. The first-order valence-electron chi connectivity index (χ1n) is 9.62. The van der Waals surface area contributed by atoms with E-state index in [9.17, 15) is 19.7 Å². The second kappa shape index (κ2) is 9.18. The molecule has 0 aliphatic carbocycles. The van der Waals surface area contributed by atoms with Gasteiger partial charge in [-0.05, 0) is 56.5 Å². The number of carbonyl (C=O) groups excluding carboxylic acids is 2. The van der Waals surface area contributed by atoms with E-state index in [1.54, 1.807) is 6.92 Å². The van der Waals surface area contributed by atoms with Crippen molar-refractivity contribution in [1.29, 1.82) is 0 Å². The number of nitrogens with one attached hydrogen (secondary N) is 2. The predicted octanol–water partition coefficient (Wildman–Crippen LogP) is 3.26. The normalized spacial score (nSPS) is 13.6. The zero-order chi connectivity index (χ0) is 20.8. The van der Waals surface area contributed by atoms with Crippen molar-refractivity contribution in [3.63, 3.8) is 0 Å². The molecule has 2 amide bonds. The van der Waals surface area contributed by atoms with Gasteiger partial charge in [0.2, 0.25) is 5.91 Å². The Balaban J connectivity index is 1.52. The summed E-state index contributed by atoms with van der Waals surface area (Å²) in [4.78, 5) is 37.1. The van der Waals surface area contributed by atoms with Gasteiger partial charge >= 0.3 is 0 Å². The first-order valence-corrected chi connectivity index (χ1v) is 9.62. The molecule has 152 valence electrons. The number of anilines is 2. The van der Waals surface area contributed by atoms with Crippen molar-refractivity contribution < 1.29 is 14.5 Å². The minimum atomic E-state index is -0.538. The summed E-state index contributed by atoms with van der Waals surface area (Å²) < 4.78 is 0. The lowest BCUT2D eigenvalue weighted by Gasteiger charge is -2.28. The van der Waals surface area contributed by atoms with Gasteiger partial charge in [-0.15, -0.1) is 0 Å². The summed E-state index contributed by atoms with van der Waals surface area (Å²) in [6, 6.07) is 11.9. The van der Waals surface area contributed by atoms with Crippen LogP contribution < -0.4 is 15.5 Å². The molecule has 2 aromatic carbocycles. The highest BCUT2D eigenvalue weighted by Crippen LogP contribution is 2.22. The van der Waals surface area contributed by atoms with E-state index < -0.39 is 10.8 Å². The highest BCUT2D eigenvalue weighted by atomic mass is 16.6. The van der Waals surface area contributed by atoms with Crippen LogP contribution in [0.4, 0.5) is 17.1 Å². The summed E-state index contributed by atoms with van der Waals surface area (Å²) in [5, 5.41) is 16.2. The predicted molar refractivity (Wildman–Crippen MR) is 111 cm³/mol. The fraction of sp³-hybridized carbons (Fsp3) is 0.333. The maximum absolute atomic E-state index is 12.2. The molecule has 0 saturated carbocycles. The number of benzene rings is 2. The lowest BCUT2D eigenvalue weighted by atomic mass is 10.1. The molecule has 0 spiro atoms. The maximum Gasteiger partial charge on any atom is 0.273 e. The van der Waals surface area contributed by atoms with E-state index in [-0.39, 0.29) is 23.7 Å². The standard InChI is InChI=1S/C21H24N4O4/c1-15-5-6-16(13-19(15)25(28)29)21(27)22-14-20(26)23-17-7-9-18(10-8-17)24-11-3-2-4-12-24/h5-10,13H,2-4,11-12,14H2,1H3,(H,22,27)(H,23,26). The van der Waals surface area contributed by atoms with Crippen LogP contribution >= 0.6 is 0 Å². The summed E-state index contributed by atoms with van der Waals surface area (Å²) in [5.41, 5.74) is 2.27. The highest BCUT2D eigenvalue weighted by molar-refractivity contribution is 5.99. The second-order valence-corrected chi connectivity index (χ2v) is 7.08. The molecule has 8 nitrogen and oxygen atoms in total. The summed E-state index contributed by atoms with van der Waals surface area (Å²) in [7, 11) is 0. The van der Waals surface area contributed by atoms with Gasteiger partial charge in [-0.1, -0.05) is 6.07 Å². The Labute approximate surface area is 169 Å². The number of rotatable bonds is 6. The van der Waals surface area contributed by atoms with Gasteiger partial charge in [-0.2, -0.15) is 0 Å². The smallest absolute Gasteiger partial charge is 0.273 e. The Morgan fingerprint density at radius 1 is 1.07 bits per heavy atom. The van der Waals surface area contributed by atoms with Crippen LogP contribution in [0, 0.1) is 17.0 Å². The average molecular weight is 396 g/mol. The number of aryl methyl sites for hydroxylation is 1. The number of hydrogen-bond donors (Lipinski definition) is 2. The van der Waals surface area contributed by atoms with E-state index in [1.165, 1.54) is 37.5 Å². The van der Waals surface area contributed by atoms with Gasteiger partial charge in [-0.3, -0.25) is 19.7 Å². The molecule has 0 atom stereocenters. The number of hydrogen-bond acceptors (Lipinski definition) is 5. The maximum atomic E-state index is 12.2. The lowest BCUT2D eigenvalue weighted by Crippen LogP contribution is -2.33.